The number of amides is 1. The number of carboxylic acids is 1. The number of fused-ring (bicyclic) bond motifs is 1. The van der Waals surface area contributed by atoms with Crippen LogP contribution in [0.3, 0.4) is 0 Å². The van der Waals surface area contributed by atoms with Gasteiger partial charge in [0.15, 0.2) is 0 Å². The molecule has 0 atom stereocenters. The lowest BCUT2D eigenvalue weighted by Gasteiger charge is -2.11. The molecule has 1 N–H and O–H groups in total. The highest BCUT2D eigenvalue weighted by Gasteiger charge is 2.26. The minimum atomic E-state index is -1.06. The number of halogens is 1. The molecule has 0 saturated carbocycles. The molecule has 3 aromatic rings. The van der Waals surface area contributed by atoms with Crippen molar-refractivity contribution in [2.75, 3.05) is 6.54 Å². The Labute approximate surface area is 179 Å². The molecule has 5 nitrogen and oxygen atoms in total. The Morgan fingerprint density at radius 3 is 2.67 bits per heavy atom. The van der Waals surface area contributed by atoms with Gasteiger partial charge in [-0.1, -0.05) is 35.9 Å². The van der Waals surface area contributed by atoms with Crippen molar-refractivity contribution in [3.8, 4) is 16.9 Å². The lowest BCUT2D eigenvalue weighted by Crippen LogP contribution is -2.22. The topological polar surface area (TPSA) is 66.8 Å². The van der Waals surface area contributed by atoms with Crippen molar-refractivity contribution in [1.82, 2.24) is 4.90 Å². The van der Waals surface area contributed by atoms with Crippen LogP contribution in [0.4, 0.5) is 0 Å². The van der Waals surface area contributed by atoms with Crippen LogP contribution in [0.25, 0.3) is 11.1 Å². The third kappa shape index (κ3) is 3.89. The molecule has 3 aromatic carbocycles. The summed E-state index contributed by atoms with van der Waals surface area (Å²) in [5.74, 6) is -0.280. The van der Waals surface area contributed by atoms with Gasteiger partial charge >= 0.3 is 5.97 Å². The second-order valence-electron chi connectivity index (χ2n) is 7.13. The summed E-state index contributed by atoms with van der Waals surface area (Å²) >= 11 is 5.97. The van der Waals surface area contributed by atoms with Crippen LogP contribution in [0, 0.1) is 0 Å². The van der Waals surface area contributed by atoms with Crippen molar-refractivity contribution < 1.29 is 19.4 Å². The lowest BCUT2D eigenvalue weighted by atomic mass is 10.0. The van der Waals surface area contributed by atoms with Crippen molar-refractivity contribution in [1.29, 1.82) is 0 Å². The van der Waals surface area contributed by atoms with Crippen LogP contribution in [0.5, 0.6) is 5.75 Å². The van der Waals surface area contributed by atoms with E-state index in [2.05, 4.69) is 0 Å². The molecule has 0 bridgehead atoms. The molecule has 1 aliphatic heterocycles. The largest absolute Gasteiger partial charge is 0.489 e. The zero-order valence-corrected chi connectivity index (χ0v) is 17.1. The van der Waals surface area contributed by atoms with Gasteiger partial charge in [-0.05, 0) is 65.6 Å². The van der Waals surface area contributed by atoms with E-state index < -0.39 is 5.97 Å². The van der Waals surface area contributed by atoms with Gasteiger partial charge in [-0.15, -0.1) is 0 Å². The molecule has 4 rings (SSSR count). The minimum Gasteiger partial charge on any atom is -0.489 e. The van der Waals surface area contributed by atoms with Gasteiger partial charge in [-0.3, -0.25) is 4.79 Å². The fourth-order valence-electron chi connectivity index (χ4n) is 3.58. The molecule has 1 aliphatic rings. The summed E-state index contributed by atoms with van der Waals surface area (Å²) in [6.45, 7) is 3.62. The van der Waals surface area contributed by atoms with Gasteiger partial charge in [-0.2, -0.15) is 0 Å². The number of hydrogen-bond acceptors (Lipinski definition) is 3. The summed E-state index contributed by atoms with van der Waals surface area (Å²) < 4.78 is 5.95. The van der Waals surface area contributed by atoms with Crippen molar-refractivity contribution >= 4 is 23.5 Å². The van der Waals surface area contributed by atoms with Gasteiger partial charge in [-0.25, -0.2) is 4.79 Å². The number of carbonyl (C=O) groups excluding carboxylic acids is 1. The van der Waals surface area contributed by atoms with Crippen LogP contribution < -0.4 is 4.74 Å². The average molecular weight is 422 g/mol. The number of rotatable bonds is 6. The van der Waals surface area contributed by atoms with Gasteiger partial charge < -0.3 is 14.7 Å². The molecule has 0 aromatic heterocycles. The first-order valence-electron chi connectivity index (χ1n) is 9.63. The number of carbonyl (C=O) groups is 2. The third-order valence-electron chi connectivity index (χ3n) is 5.20. The van der Waals surface area contributed by atoms with Crippen LogP contribution in [-0.4, -0.2) is 28.4 Å². The highest BCUT2D eigenvalue weighted by molar-refractivity contribution is 6.33. The number of hydrogen-bond donors (Lipinski definition) is 1. The zero-order chi connectivity index (χ0) is 21.3. The second kappa shape index (κ2) is 8.20. The van der Waals surface area contributed by atoms with Crippen molar-refractivity contribution in [2.45, 2.75) is 20.1 Å². The highest BCUT2D eigenvalue weighted by atomic mass is 35.5. The number of benzene rings is 3. The standard InChI is InChI=1S/C24H20ClNO4/c1-2-26-13-18-11-19(7-8-20(18)23(26)27)30-14-15-4-3-5-16(10-15)17-6-9-22(25)21(12-17)24(28)29/h3-12H,2,13-14H2,1H3,(H,28,29). The first kappa shape index (κ1) is 20.0. The van der Waals surface area contributed by atoms with E-state index in [0.29, 0.717) is 25.4 Å². The van der Waals surface area contributed by atoms with Crippen LogP contribution in [0.1, 0.15) is 38.8 Å². The van der Waals surface area contributed by atoms with Crippen LogP contribution >= 0.6 is 11.6 Å². The van der Waals surface area contributed by atoms with E-state index in [1.54, 1.807) is 23.1 Å². The first-order chi connectivity index (χ1) is 14.5. The van der Waals surface area contributed by atoms with Crippen molar-refractivity contribution in [3.63, 3.8) is 0 Å². The quantitative estimate of drug-likeness (QED) is 0.589. The molecular formula is C24H20ClNO4. The smallest absolute Gasteiger partial charge is 0.337 e. The molecule has 1 heterocycles. The monoisotopic (exact) mass is 421 g/mol. The van der Waals surface area contributed by atoms with E-state index in [0.717, 1.165) is 27.8 Å². The SMILES string of the molecule is CCN1Cc2cc(OCc3cccc(-c4ccc(Cl)c(C(=O)O)c4)c3)ccc2C1=O. The number of carboxylic acid groups (broad SMARTS) is 1. The normalized spacial score (nSPS) is 12.7. The Balaban J connectivity index is 1.51. The summed E-state index contributed by atoms with van der Waals surface area (Å²) in [6, 6.07) is 18.3. The Bertz CT molecular complexity index is 1140. The molecule has 0 unspecified atom stereocenters. The maximum Gasteiger partial charge on any atom is 0.337 e. The Morgan fingerprint density at radius 1 is 1.10 bits per heavy atom. The van der Waals surface area contributed by atoms with E-state index in [9.17, 15) is 14.7 Å². The van der Waals surface area contributed by atoms with E-state index in [1.807, 2.05) is 49.4 Å². The molecule has 6 heteroatoms. The summed E-state index contributed by atoms with van der Waals surface area (Å²) in [4.78, 5) is 25.4. The minimum absolute atomic E-state index is 0.0652. The van der Waals surface area contributed by atoms with Crippen LogP contribution in [-0.2, 0) is 13.2 Å². The van der Waals surface area contributed by atoms with Gasteiger partial charge in [0.1, 0.15) is 12.4 Å². The molecule has 152 valence electrons. The maximum absolute atomic E-state index is 12.2. The fraction of sp³-hybridized carbons (Fsp3) is 0.167. The Hall–Kier alpha value is -3.31. The molecule has 0 fully saturated rings. The summed E-state index contributed by atoms with van der Waals surface area (Å²) in [5, 5.41) is 9.50. The average Bonchev–Trinajstić information content (AvgIpc) is 3.07. The highest BCUT2D eigenvalue weighted by Crippen LogP contribution is 2.28. The molecule has 0 saturated heterocycles. The van der Waals surface area contributed by atoms with Crippen LogP contribution in [0.2, 0.25) is 5.02 Å². The van der Waals surface area contributed by atoms with Gasteiger partial charge in [0, 0.05) is 18.7 Å². The van der Waals surface area contributed by atoms with Crippen molar-refractivity contribution in [2.24, 2.45) is 0 Å². The summed E-state index contributed by atoms with van der Waals surface area (Å²) in [5.41, 5.74) is 4.40. The summed E-state index contributed by atoms with van der Waals surface area (Å²) in [7, 11) is 0. The molecule has 30 heavy (non-hydrogen) atoms. The predicted octanol–water partition coefficient (Wildman–Crippen LogP) is 5.26. The molecule has 1 amide bonds. The number of ether oxygens (including phenoxy) is 1. The lowest BCUT2D eigenvalue weighted by molar-refractivity contribution is 0.0696. The maximum atomic E-state index is 12.2. The van der Waals surface area contributed by atoms with Crippen LogP contribution in [0.15, 0.2) is 60.7 Å². The van der Waals surface area contributed by atoms with Gasteiger partial charge in [0.25, 0.3) is 5.91 Å². The third-order valence-corrected chi connectivity index (χ3v) is 5.53. The Morgan fingerprint density at radius 2 is 1.90 bits per heavy atom. The molecule has 0 spiro atoms. The molecule has 0 aliphatic carbocycles. The van der Waals surface area contributed by atoms with E-state index in [-0.39, 0.29) is 16.5 Å². The number of nitrogens with zero attached hydrogens (tertiary/aromatic N) is 1. The fourth-order valence-corrected chi connectivity index (χ4v) is 3.78. The van der Waals surface area contributed by atoms with E-state index in [4.69, 9.17) is 16.3 Å². The first-order valence-corrected chi connectivity index (χ1v) is 10.0. The van der Waals surface area contributed by atoms with Gasteiger partial charge in [0.05, 0.1) is 10.6 Å². The second-order valence-corrected chi connectivity index (χ2v) is 7.53. The van der Waals surface area contributed by atoms with E-state index in [1.165, 1.54) is 0 Å². The number of aromatic carboxylic acids is 1. The molecule has 0 radical (unpaired) electrons. The predicted molar refractivity (Wildman–Crippen MR) is 115 cm³/mol. The van der Waals surface area contributed by atoms with E-state index >= 15 is 0 Å². The Kier molecular flexibility index (Phi) is 5.46. The zero-order valence-electron chi connectivity index (χ0n) is 16.4. The van der Waals surface area contributed by atoms with Crippen molar-refractivity contribution in [3.05, 3.63) is 87.9 Å². The summed E-state index contributed by atoms with van der Waals surface area (Å²) in [6.07, 6.45) is 0. The van der Waals surface area contributed by atoms with Gasteiger partial charge in [0.2, 0.25) is 0 Å². The molecular weight excluding hydrogens is 402 g/mol.